The predicted octanol–water partition coefficient (Wildman–Crippen LogP) is 5.27. The molecule has 0 aliphatic carbocycles. The zero-order valence-corrected chi connectivity index (χ0v) is 20.1. The molecule has 1 atom stereocenters. The number of aromatic carboxylic acids is 1. The number of rotatable bonds is 8. The largest absolute Gasteiger partial charge is 0.478 e. The van der Waals surface area contributed by atoms with E-state index in [-0.39, 0.29) is 17.0 Å². The van der Waals surface area contributed by atoms with Crippen LogP contribution in [-0.4, -0.2) is 33.1 Å². The van der Waals surface area contributed by atoms with Gasteiger partial charge in [-0.05, 0) is 48.9 Å². The molecule has 3 aromatic carbocycles. The van der Waals surface area contributed by atoms with Gasteiger partial charge in [0, 0.05) is 10.6 Å². The third-order valence-electron chi connectivity index (χ3n) is 4.86. The highest BCUT2D eigenvalue weighted by Gasteiger charge is 2.23. The van der Waals surface area contributed by atoms with E-state index in [1.165, 1.54) is 35.2 Å². The second-order valence-corrected chi connectivity index (χ2v) is 9.71. The number of amides is 2. The summed E-state index contributed by atoms with van der Waals surface area (Å²) in [6.07, 6.45) is 0. The first-order valence-corrected chi connectivity index (χ1v) is 12.2. The summed E-state index contributed by atoms with van der Waals surface area (Å²) in [4.78, 5) is 37.9. The average Bonchev–Trinajstić information content (AvgIpc) is 3.28. The van der Waals surface area contributed by atoms with Gasteiger partial charge in [-0.2, -0.15) is 0 Å². The summed E-state index contributed by atoms with van der Waals surface area (Å²) >= 11 is 2.66. The average molecular weight is 505 g/mol. The van der Waals surface area contributed by atoms with E-state index < -0.39 is 17.1 Å². The number of anilines is 2. The Morgan fingerprint density at radius 3 is 2.14 bits per heavy atom. The number of aryl methyl sites for hydroxylation is 1. The first-order valence-electron chi connectivity index (χ1n) is 10.5. The minimum atomic E-state index is -1.17. The molecule has 4 rings (SSSR count). The summed E-state index contributed by atoms with van der Waals surface area (Å²) in [6.45, 7) is 1.82. The second kappa shape index (κ2) is 10.9. The fourth-order valence-electron chi connectivity index (χ4n) is 3.24. The number of aromatic nitrogens is 2. The molecule has 8 nitrogen and oxygen atoms in total. The molecule has 1 unspecified atom stereocenters. The van der Waals surface area contributed by atoms with E-state index in [0.29, 0.717) is 10.8 Å². The zero-order valence-electron chi connectivity index (χ0n) is 18.5. The van der Waals surface area contributed by atoms with Crippen LogP contribution in [0.5, 0.6) is 0 Å². The lowest BCUT2D eigenvalue weighted by molar-refractivity contribution is -0.115. The number of nitrogens with zero attached hydrogens (tertiary/aromatic N) is 2. The van der Waals surface area contributed by atoms with Crippen molar-refractivity contribution in [2.75, 3.05) is 10.6 Å². The number of carbonyl (C=O) groups is 3. The van der Waals surface area contributed by atoms with Crippen molar-refractivity contribution in [3.63, 3.8) is 0 Å². The van der Waals surface area contributed by atoms with Gasteiger partial charge < -0.3 is 10.4 Å². The van der Waals surface area contributed by atoms with Gasteiger partial charge >= 0.3 is 5.97 Å². The number of carboxylic acid groups (broad SMARTS) is 1. The van der Waals surface area contributed by atoms with Crippen LogP contribution in [0.1, 0.15) is 36.5 Å². The third-order valence-corrected chi connectivity index (χ3v) is 6.89. The Morgan fingerprint density at radius 2 is 1.51 bits per heavy atom. The number of carbonyl (C=O) groups excluding carboxylic acids is 2. The van der Waals surface area contributed by atoms with Crippen molar-refractivity contribution >= 4 is 51.7 Å². The molecule has 0 saturated carbocycles. The van der Waals surface area contributed by atoms with E-state index >= 15 is 0 Å². The fraction of sp³-hybridized carbons (Fsp3) is 0.0800. The van der Waals surface area contributed by atoms with Crippen molar-refractivity contribution in [3.8, 4) is 0 Å². The van der Waals surface area contributed by atoms with Crippen molar-refractivity contribution < 1.29 is 19.5 Å². The Bertz CT molecular complexity index is 1360. The number of carboxylic acids is 1. The molecule has 0 fully saturated rings. The van der Waals surface area contributed by atoms with Gasteiger partial charge in [-0.1, -0.05) is 53.8 Å². The maximum absolute atomic E-state index is 13.1. The van der Waals surface area contributed by atoms with E-state index in [2.05, 4.69) is 20.8 Å². The molecule has 0 aliphatic heterocycles. The molecule has 1 aromatic heterocycles. The van der Waals surface area contributed by atoms with Crippen LogP contribution in [0.4, 0.5) is 10.8 Å². The molecule has 0 aliphatic rings. The van der Waals surface area contributed by atoms with Crippen molar-refractivity contribution in [1.29, 1.82) is 0 Å². The van der Waals surface area contributed by atoms with Gasteiger partial charge in [0.15, 0.2) is 0 Å². The maximum atomic E-state index is 13.1. The molecule has 0 spiro atoms. The van der Waals surface area contributed by atoms with E-state index in [4.69, 9.17) is 0 Å². The zero-order chi connectivity index (χ0) is 24.8. The normalized spacial score (nSPS) is 11.5. The Kier molecular flexibility index (Phi) is 7.54. The molecular weight excluding hydrogens is 484 g/mol. The quantitative estimate of drug-likeness (QED) is 0.280. The lowest BCUT2D eigenvalue weighted by atomic mass is 10.1. The van der Waals surface area contributed by atoms with Gasteiger partial charge in [0.1, 0.15) is 10.3 Å². The summed E-state index contributed by atoms with van der Waals surface area (Å²) in [5.41, 5.74) is 1.34. The first-order chi connectivity index (χ1) is 16.9. The molecule has 3 N–H and O–H groups in total. The van der Waals surface area contributed by atoms with Gasteiger partial charge in [-0.25, -0.2) is 4.79 Å². The third kappa shape index (κ3) is 6.11. The number of hydrogen-bond acceptors (Lipinski definition) is 7. The summed E-state index contributed by atoms with van der Waals surface area (Å²) in [7, 11) is 0. The van der Waals surface area contributed by atoms with Crippen LogP contribution in [0.15, 0.2) is 83.8 Å². The van der Waals surface area contributed by atoms with Crippen molar-refractivity contribution in [2.45, 2.75) is 17.1 Å². The van der Waals surface area contributed by atoms with E-state index in [1.54, 1.807) is 36.4 Å². The molecule has 2 amide bonds. The molecule has 176 valence electrons. The number of hydrogen-bond donors (Lipinski definition) is 3. The minimum absolute atomic E-state index is 0.0699. The summed E-state index contributed by atoms with van der Waals surface area (Å²) in [5.74, 6) is -1.91. The summed E-state index contributed by atoms with van der Waals surface area (Å²) < 4.78 is 0. The number of benzene rings is 3. The van der Waals surface area contributed by atoms with Crippen LogP contribution in [-0.2, 0) is 4.79 Å². The second-order valence-electron chi connectivity index (χ2n) is 7.35. The van der Waals surface area contributed by atoms with Crippen LogP contribution < -0.4 is 10.6 Å². The van der Waals surface area contributed by atoms with E-state index in [0.717, 1.165) is 15.5 Å². The first kappa shape index (κ1) is 24.1. The van der Waals surface area contributed by atoms with Crippen LogP contribution in [0.2, 0.25) is 0 Å². The van der Waals surface area contributed by atoms with Crippen molar-refractivity contribution in [1.82, 2.24) is 10.2 Å². The summed E-state index contributed by atoms with van der Waals surface area (Å²) in [5, 5.41) is 23.4. The van der Waals surface area contributed by atoms with Crippen molar-refractivity contribution in [3.05, 3.63) is 101 Å². The Morgan fingerprint density at radius 1 is 0.857 bits per heavy atom. The molecule has 0 saturated heterocycles. The molecule has 10 heteroatoms. The topological polar surface area (TPSA) is 121 Å². The van der Waals surface area contributed by atoms with Crippen LogP contribution in [0, 0.1) is 6.92 Å². The Balaban J connectivity index is 1.49. The molecular formula is C25H20N4O4S2. The van der Waals surface area contributed by atoms with Gasteiger partial charge in [0.2, 0.25) is 11.0 Å². The maximum Gasteiger partial charge on any atom is 0.336 e. The molecule has 1 heterocycles. The lowest BCUT2D eigenvalue weighted by Gasteiger charge is -2.16. The Hall–Kier alpha value is -4.02. The van der Waals surface area contributed by atoms with Crippen molar-refractivity contribution in [2.24, 2.45) is 0 Å². The van der Waals surface area contributed by atoms with E-state index in [9.17, 15) is 19.5 Å². The highest BCUT2D eigenvalue weighted by atomic mass is 32.2. The number of thioether (sulfide) groups is 1. The summed E-state index contributed by atoms with van der Waals surface area (Å²) in [6, 6.07) is 22.4. The fourth-order valence-corrected chi connectivity index (χ4v) is 4.86. The Labute approximate surface area is 209 Å². The van der Waals surface area contributed by atoms with Gasteiger partial charge in [0.05, 0.1) is 11.1 Å². The monoisotopic (exact) mass is 504 g/mol. The minimum Gasteiger partial charge on any atom is -0.478 e. The standard InChI is InChI=1S/C25H20N4O4S2/c1-15-28-29-25(34-15)27-23(31)21(16-7-3-2-4-8-16)35-18-13-11-17(12-14-18)26-22(30)19-9-5-6-10-20(19)24(32)33/h2-14,21H,1H3,(H,26,30)(H,32,33)(H,27,29,31). The molecule has 0 radical (unpaired) electrons. The van der Waals surface area contributed by atoms with Gasteiger partial charge in [-0.15, -0.1) is 22.0 Å². The predicted molar refractivity (Wildman–Crippen MR) is 136 cm³/mol. The van der Waals surface area contributed by atoms with Gasteiger partial charge in [0.25, 0.3) is 5.91 Å². The van der Waals surface area contributed by atoms with Crippen LogP contribution in [0.3, 0.4) is 0 Å². The van der Waals surface area contributed by atoms with Crippen LogP contribution >= 0.6 is 23.1 Å². The van der Waals surface area contributed by atoms with E-state index in [1.807, 2.05) is 37.3 Å². The van der Waals surface area contributed by atoms with Gasteiger partial charge in [-0.3, -0.25) is 14.9 Å². The smallest absolute Gasteiger partial charge is 0.336 e. The molecule has 35 heavy (non-hydrogen) atoms. The SMILES string of the molecule is Cc1nnc(NC(=O)C(Sc2ccc(NC(=O)c3ccccc3C(=O)O)cc2)c2ccccc2)s1. The highest BCUT2D eigenvalue weighted by molar-refractivity contribution is 8.00. The highest BCUT2D eigenvalue weighted by Crippen LogP contribution is 2.37. The number of nitrogens with one attached hydrogen (secondary N) is 2. The van der Waals surface area contributed by atoms with Crippen LogP contribution in [0.25, 0.3) is 0 Å². The lowest BCUT2D eigenvalue weighted by Crippen LogP contribution is -2.19. The molecule has 0 bridgehead atoms. The molecule has 4 aromatic rings.